The second-order valence-electron chi connectivity index (χ2n) is 3.43. The van der Waals surface area contributed by atoms with E-state index < -0.39 is 18.0 Å². The SMILES string of the molecule is COC(=O)NCC(=O)Nc1ccccc1C(=O)OC. The van der Waals surface area contributed by atoms with E-state index in [0.29, 0.717) is 5.69 Å². The predicted molar refractivity (Wildman–Crippen MR) is 66.8 cm³/mol. The molecule has 7 heteroatoms. The zero-order chi connectivity index (χ0) is 14.3. The quantitative estimate of drug-likeness (QED) is 0.785. The smallest absolute Gasteiger partial charge is 0.407 e. The molecule has 0 aliphatic rings. The molecule has 0 atom stereocenters. The summed E-state index contributed by atoms with van der Waals surface area (Å²) in [5, 5.41) is 4.72. The number of anilines is 1. The topological polar surface area (TPSA) is 93.7 Å². The average molecular weight is 266 g/mol. The van der Waals surface area contributed by atoms with Gasteiger partial charge in [-0.3, -0.25) is 4.79 Å². The number of benzene rings is 1. The molecule has 19 heavy (non-hydrogen) atoms. The second kappa shape index (κ2) is 7.00. The van der Waals surface area contributed by atoms with Crippen LogP contribution in [-0.4, -0.2) is 38.7 Å². The van der Waals surface area contributed by atoms with E-state index in [1.54, 1.807) is 18.2 Å². The molecule has 0 aliphatic heterocycles. The molecule has 1 rings (SSSR count). The van der Waals surface area contributed by atoms with Crippen molar-refractivity contribution in [2.24, 2.45) is 0 Å². The summed E-state index contributed by atoms with van der Waals surface area (Å²) >= 11 is 0. The van der Waals surface area contributed by atoms with Crippen molar-refractivity contribution < 1.29 is 23.9 Å². The fraction of sp³-hybridized carbons (Fsp3) is 0.250. The van der Waals surface area contributed by atoms with Crippen molar-refractivity contribution in [3.63, 3.8) is 0 Å². The van der Waals surface area contributed by atoms with Crippen LogP contribution in [0, 0.1) is 0 Å². The number of methoxy groups -OCH3 is 2. The molecule has 0 heterocycles. The van der Waals surface area contributed by atoms with Crippen LogP contribution in [0.1, 0.15) is 10.4 Å². The first-order valence-corrected chi connectivity index (χ1v) is 5.37. The molecule has 1 aromatic carbocycles. The number of esters is 1. The Kier molecular flexibility index (Phi) is 5.34. The highest BCUT2D eigenvalue weighted by atomic mass is 16.5. The van der Waals surface area contributed by atoms with Gasteiger partial charge in [0.1, 0.15) is 6.54 Å². The Morgan fingerprint density at radius 3 is 2.42 bits per heavy atom. The number of carbonyl (C=O) groups is 3. The first kappa shape index (κ1) is 14.5. The van der Waals surface area contributed by atoms with Gasteiger partial charge in [0.05, 0.1) is 25.5 Å². The maximum atomic E-state index is 11.6. The lowest BCUT2D eigenvalue weighted by atomic mass is 10.2. The van der Waals surface area contributed by atoms with Gasteiger partial charge < -0.3 is 20.1 Å². The summed E-state index contributed by atoms with van der Waals surface area (Å²) in [6.07, 6.45) is -0.712. The van der Waals surface area contributed by atoms with E-state index in [4.69, 9.17) is 0 Å². The fourth-order valence-electron chi connectivity index (χ4n) is 1.30. The van der Waals surface area contributed by atoms with E-state index >= 15 is 0 Å². The monoisotopic (exact) mass is 266 g/mol. The van der Waals surface area contributed by atoms with Crippen molar-refractivity contribution >= 4 is 23.7 Å². The molecule has 7 nitrogen and oxygen atoms in total. The van der Waals surface area contributed by atoms with Gasteiger partial charge in [0.25, 0.3) is 0 Å². The molecule has 1 aromatic rings. The molecule has 0 bridgehead atoms. The molecule has 2 amide bonds. The largest absolute Gasteiger partial charge is 0.465 e. The van der Waals surface area contributed by atoms with Crippen LogP contribution in [0.15, 0.2) is 24.3 Å². The molecule has 0 fully saturated rings. The van der Waals surface area contributed by atoms with Crippen LogP contribution in [0.25, 0.3) is 0 Å². The molecule has 0 spiro atoms. The molecule has 2 N–H and O–H groups in total. The Hall–Kier alpha value is -2.57. The third-order valence-electron chi connectivity index (χ3n) is 2.19. The summed E-state index contributed by atoms with van der Waals surface area (Å²) in [5.41, 5.74) is 0.544. The Bertz CT molecular complexity index is 487. The van der Waals surface area contributed by atoms with Crippen LogP contribution in [0.5, 0.6) is 0 Å². The summed E-state index contributed by atoms with van der Waals surface area (Å²) in [6.45, 7) is -0.262. The number of amides is 2. The van der Waals surface area contributed by atoms with Crippen LogP contribution in [0.3, 0.4) is 0 Å². The predicted octanol–water partition coefficient (Wildman–Crippen LogP) is 0.768. The number of hydrogen-bond donors (Lipinski definition) is 2. The van der Waals surface area contributed by atoms with Crippen molar-refractivity contribution in [2.45, 2.75) is 0 Å². The van der Waals surface area contributed by atoms with E-state index in [1.165, 1.54) is 20.3 Å². The number of nitrogens with one attached hydrogen (secondary N) is 2. The van der Waals surface area contributed by atoms with Crippen LogP contribution >= 0.6 is 0 Å². The standard InChI is InChI=1S/C12H14N2O5/c1-18-11(16)8-5-3-4-6-9(8)14-10(15)7-13-12(17)19-2/h3-6H,7H2,1-2H3,(H,13,17)(H,14,15). The Morgan fingerprint density at radius 1 is 1.11 bits per heavy atom. The summed E-state index contributed by atoms with van der Waals surface area (Å²) in [5.74, 6) is -1.04. The molecular weight excluding hydrogens is 252 g/mol. The summed E-state index contributed by atoms with van der Waals surface area (Å²) in [7, 11) is 2.44. The van der Waals surface area contributed by atoms with Crippen molar-refractivity contribution in [1.29, 1.82) is 0 Å². The minimum absolute atomic E-state index is 0.233. The van der Waals surface area contributed by atoms with Crippen LogP contribution < -0.4 is 10.6 Å². The van der Waals surface area contributed by atoms with E-state index in [0.717, 1.165) is 0 Å². The Morgan fingerprint density at radius 2 is 1.79 bits per heavy atom. The minimum Gasteiger partial charge on any atom is -0.465 e. The van der Waals surface area contributed by atoms with Gasteiger partial charge >= 0.3 is 12.1 Å². The average Bonchev–Trinajstić information content (AvgIpc) is 2.44. The van der Waals surface area contributed by atoms with Gasteiger partial charge in [-0.1, -0.05) is 12.1 Å². The minimum atomic E-state index is -0.712. The number of ether oxygens (including phenoxy) is 2. The maximum absolute atomic E-state index is 11.6. The second-order valence-corrected chi connectivity index (χ2v) is 3.43. The molecule has 0 saturated heterocycles. The molecule has 102 valence electrons. The molecule has 0 saturated carbocycles. The number of carbonyl (C=O) groups excluding carboxylic acids is 3. The van der Waals surface area contributed by atoms with Gasteiger partial charge in [0, 0.05) is 0 Å². The lowest BCUT2D eigenvalue weighted by molar-refractivity contribution is -0.115. The highest BCUT2D eigenvalue weighted by Gasteiger charge is 2.13. The molecule has 0 aliphatic carbocycles. The lowest BCUT2D eigenvalue weighted by Crippen LogP contribution is -2.33. The number of rotatable bonds is 4. The Balaban J connectivity index is 2.69. The molecule has 0 unspecified atom stereocenters. The van der Waals surface area contributed by atoms with E-state index in [-0.39, 0.29) is 12.1 Å². The van der Waals surface area contributed by atoms with Crippen LogP contribution in [-0.2, 0) is 14.3 Å². The normalized spacial score (nSPS) is 9.37. The number of para-hydroxylation sites is 1. The highest BCUT2D eigenvalue weighted by Crippen LogP contribution is 2.15. The first-order valence-electron chi connectivity index (χ1n) is 5.37. The van der Waals surface area contributed by atoms with Gasteiger partial charge in [0.2, 0.25) is 5.91 Å². The maximum Gasteiger partial charge on any atom is 0.407 e. The zero-order valence-electron chi connectivity index (χ0n) is 10.6. The van der Waals surface area contributed by atoms with Gasteiger partial charge in [-0.25, -0.2) is 9.59 Å². The summed E-state index contributed by atoms with van der Waals surface area (Å²) in [4.78, 5) is 33.8. The van der Waals surface area contributed by atoms with Crippen molar-refractivity contribution in [3.05, 3.63) is 29.8 Å². The number of alkyl carbamates (subject to hydrolysis) is 1. The highest BCUT2D eigenvalue weighted by molar-refractivity contribution is 6.02. The molecular formula is C12H14N2O5. The van der Waals surface area contributed by atoms with Crippen LogP contribution in [0.4, 0.5) is 10.5 Å². The third-order valence-corrected chi connectivity index (χ3v) is 2.19. The number of hydrogen-bond acceptors (Lipinski definition) is 5. The van der Waals surface area contributed by atoms with Crippen LogP contribution in [0.2, 0.25) is 0 Å². The van der Waals surface area contributed by atoms with E-state index in [2.05, 4.69) is 20.1 Å². The van der Waals surface area contributed by atoms with Gasteiger partial charge in [-0.2, -0.15) is 0 Å². The van der Waals surface area contributed by atoms with Gasteiger partial charge in [-0.15, -0.1) is 0 Å². The van der Waals surface area contributed by atoms with Gasteiger partial charge in [0.15, 0.2) is 0 Å². The zero-order valence-corrected chi connectivity index (χ0v) is 10.6. The summed E-state index contributed by atoms with van der Waals surface area (Å²) in [6, 6.07) is 6.39. The van der Waals surface area contributed by atoms with Crippen molar-refractivity contribution in [1.82, 2.24) is 5.32 Å². The lowest BCUT2D eigenvalue weighted by Gasteiger charge is -2.09. The first-order chi connectivity index (χ1) is 9.08. The molecule has 0 aromatic heterocycles. The van der Waals surface area contributed by atoms with Crippen molar-refractivity contribution in [2.75, 3.05) is 26.1 Å². The molecule has 0 radical (unpaired) electrons. The fourth-order valence-corrected chi connectivity index (χ4v) is 1.30. The third kappa shape index (κ3) is 4.30. The Labute approximate surface area is 109 Å². The van der Waals surface area contributed by atoms with Crippen molar-refractivity contribution in [3.8, 4) is 0 Å². The summed E-state index contributed by atoms with van der Waals surface area (Å²) < 4.78 is 8.92. The van der Waals surface area contributed by atoms with E-state index in [1.807, 2.05) is 0 Å². The van der Waals surface area contributed by atoms with Gasteiger partial charge in [-0.05, 0) is 12.1 Å². The van der Waals surface area contributed by atoms with E-state index in [9.17, 15) is 14.4 Å².